The third-order valence-electron chi connectivity index (χ3n) is 5.29. The highest BCUT2D eigenvalue weighted by atomic mass is 16.5. The van der Waals surface area contributed by atoms with Crippen molar-refractivity contribution in [3.8, 4) is 11.1 Å². The van der Waals surface area contributed by atoms with Crippen molar-refractivity contribution in [1.82, 2.24) is 4.57 Å². The van der Waals surface area contributed by atoms with E-state index in [1.165, 1.54) is 4.57 Å². The van der Waals surface area contributed by atoms with Crippen LogP contribution in [0.15, 0.2) is 41.2 Å². The first-order valence-corrected chi connectivity index (χ1v) is 9.97. The summed E-state index contributed by atoms with van der Waals surface area (Å²) in [7, 11) is 1.55. The van der Waals surface area contributed by atoms with Gasteiger partial charge in [0, 0.05) is 18.0 Å². The van der Waals surface area contributed by atoms with E-state index >= 15 is 0 Å². The molecule has 1 unspecified atom stereocenters. The summed E-state index contributed by atoms with van der Waals surface area (Å²) in [5.41, 5.74) is 3.08. The van der Waals surface area contributed by atoms with Gasteiger partial charge in [-0.15, -0.1) is 0 Å². The molecule has 160 valence electrons. The number of fused-ring (bicyclic) bond motifs is 1. The molecule has 0 saturated carbocycles. The van der Waals surface area contributed by atoms with Crippen LogP contribution in [0.2, 0.25) is 0 Å². The molecule has 1 heterocycles. The van der Waals surface area contributed by atoms with E-state index in [1.807, 2.05) is 32.0 Å². The molecule has 6 nitrogen and oxygen atoms in total. The predicted molar refractivity (Wildman–Crippen MR) is 122 cm³/mol. The molecule has 0 aliphatic heterocycles. The number of ether oxygens (including phenoxy) is 1. The number of benzene rings is 2. The molecule has 0 radical (unpaired) electrons. The van der Waals surface area contributed by atoms with Crippen molar-refractivity contribution < 1.29 is 14.6 Å². The van der Waals surface area contributed by atoms with Gasteiger partial charge in [0.2, 0.25) is 0 Å². The van der Waals surface area contributed by atoms with Gasteiger partial charge in [0.15, 0.2) is 11.8 Å². The summed E-state index contributed by atoms with van der Waals surface area (Å²) in [6.07, 6.45) is -1.35. The summed E-state index contributed by atoms with van der Waals surface area (Å²) < 4.78 is 7.26. The molecule has 1 atom stereocenters. The van der Waals surface area contributed by atoms with E-state index in [4.69, 9.17) is 11.3 Å². The number of aryl methyl sites for hydroxylation is 2. The van der Waals surface area contributed by atoms with Gasteiger partial charge in [0.05, 0.1) is 17.9 Å². The minimum Gasteiger partial charge on any atom is -0.479 e. The van der Waals surface area contributed by atoms with E-state index in [9.17, 15) is 14.7 Å². The molecule has 0 fully saturated rings. The lowest BCUT2D eigenvalue weighted by Crippen LogP contribution is -2.32. The Morgan fingerprint density at radius 2 is 1.77 bits per heavy atom. The normalized spacial score (nSPS) is 12.5. The van der Waals surface area contributed by atoms with Gasteiger partial charge >= 0.3 is 5.97 Å². The number of carboxylic acid groups (broad SMARTS) is 1. The monoisotopic (exact) mass is 418 g/mol. The second kappa shape index (κ2) is 8.01. The summed E-state index contributed by atoms with van der Waals surface area (Å²) >= 11 is 0. The fourth-order valence-electron chi connectivity index (χ4n) is 3.68. The van der Waals surface area contributed by atoms with E-state index in [1.54, 1.807) is 46.0 Å². The number of hydrogen-bond acceptors (Lipinski definition) is 3. The maximum Gasteiger partial charge on any atom is 0.339 e. The van der Waals surface area contributed by atoms with Crippen molar-refractivity contribution in [2.75, 3.05) is 0 Å². The summed E-state index contributed by atoms with van der Waals surface area (Å²) in [5.74, 6) is -1.17. The molecule has 3 rings (SSSR count). The molecular formula is C25H26N2O4. The average Bonchev–Trinajstić information content (AvgIpc) is 2.70. The maximum absolute atomic E-state index is 13.2. The number of hydrogen-bond donors (Lipinski definition) is 1. The van der Waals surface area contributed by atoms with Crippen LogP contribution in [0, 0.1) is 20.4 Å². The quantitative estimate of drug-likeness (QED) is 0.583. The van der Waals surface area contributed by atoms with Crippen LogP contribution in [0.5, 0.6) is 0 Å². The van der Waals surface area contributed by atoms with Crippen molar-refractivity contribution in [1.29, 1.82) is 0 Å². The number of aromatic nitrogens is 1. The zero-order valence-corrected chi connectivity index (χ0v) is 18.6. The lowest BCUT2D eigenvalue weighted by atomic mass is 9.92. The number of pyridine rings is 1. The van der Waals surface area contributed by atoms with Gasteiger partial charge in [-0.25, -0.2) is 9.64 Å². The van der Waals surface area contributed by atoms with Crippen LogP contribution in [-0.2, 0) is 16.6 Å². The van der Waals surface area contributed by atoms with Gasteiger partial charge in [0.25, 0.3) is 5.56 Å². The summed E-state index contributed by atoms with van der Waals surface area (Å²) in [5, 5.41) is 11.0. The molecule has 0 bridgehead atoms. The Kier molecular flexibility index (Phi) is 5.75. The molecule has 0 aliphatic carbocycles. The van der Waals surface area contributed by atoms with Gasteiger partial charge < -0.3 is 14.4 Å². The second-order valence-corrected chi connectivity index (χ2v) is 8.71. The van der Waals surface area contributed by atoms with Crippen molar-refractivity contribution in [2.45, 2.75) is 46.3 Å². The van der Waals surface area contributed by atoms with Gasteiger partial charge in [-0.1, -0.05) is 30.3 Å². The Morgan fingerprint density at radius 1 is 1.10 bits per heavy atom. The van der Waals surface area contributed by atoms with E-state index in [2.05, 4.69) is 4.85 Å². The molecular weight excluding hydrogens is 392 g/mol. The van der Waals surface area contributed by atoms with E-state index in [0.717, 1.165) is 16.7 Å². The van der Waals surface area contributed by atoms with Crippen LogP contribution in [0.3, 0.4) is 0 Å². The van der Waals surface area contributed by atoms with Crippen LogP contribution in [0.25, 0.3) is 26.7 Å². The van der Waals surface area contributed by atoms with Gasteiger partial charge in [-0.3, -0.25) is 4.79 Å². The second-order valence-electron chi connectivity index (χ2n) is 8.71. The number of rotatable bonds is 4. The van der Waals surface area contributed by atoms with Gasteiger partial charge in [0.1, 0.15) is 0 Å². The number of carboxylic acids is 1. The summed E-state index contributed by atoms with van der Waals surface area (Å²) in [6, 6.07) is 10.8. The number of nitrogens with zero attached hydrogens (tertiary/aromatic N) is 2. The van der Waals surface area contributed by atoms with Crippen molar-refractivity contribution in [2.24, 2.45) is 7.05 Å². The highest BCUT2D eigenvalue weighted by Gasteiger charge is 2.33. The third-order valence-corrected chi connectivity index (χ3v) is 5.29. The minimum absolute atomic E-state index is 0.277. The van der Waals surface area contributed by atoms with E-state index < -0.39 is 17.7 Å². The molecule has 31 heavy (non-hydrogen) atoms. The molecule has 0 amide bonds. The zero-order chi connectivity index (χ0) is 23.1. The highest BCUT2D eigenvalue weighted by molar-refractivity contribution is 6.00. The van der Waals surface area contributed by atoms with Crippen LogP contribution >= 0.6 is 0 Å². The Balaban J connectivity index is 2.52. The fourth-order valence-corrected chi connectivity index (χ4v) is 3.68. The summed E-state index contributed by atoms with van der Waals surface area (Å²) in [6.45, 7) is 16.6. The summed E-state index contributed by atoms with van der Waals surface area (Å²) in [4.78, 5) is 29.0. The predicted octanol–water partition coefficient (Wildman–Crippen LogP) is 5.31. The van der Waals surface area contributed by atoms with Crippen LogP contribution in [-0.4, -0.2) is 21.2 Å². The first kappa shape index (κ1) is 22.3. The van der Waals surface area contributed by atoms with Gasteiger partial charge in [-0.2, -0.15) is 0 Å². The molecule has 0 spiro atoms. The van der Waals surface area contributed by atoms with Crippen molar-refractivity contribution in [3.05, 3.63) is 75.0 Å². The van der Waals surface area contributed by atoms with Crippen LogP contribution in [0.1, 0.15) is 43.7 Å². The Bertz CT molecular complexity index is 1290. The Labute approximate surface area is 181 Å². The first-order chi connectivity index (χ1) is 14.4. The lowest BCUT2D eigenvalue weighted by Gasteiger charge is -2.28. The van der Waals surface area contributed by atoms with Crippen molar-refractivity contribution >= 4 is 22.4 Å². The number of aliphatic carboxylic acids is 1. The molecule has 0 aliphatic rings. The fraction of sp³-hybridized carbons (Fsp3) is 0.320. The average molecular weight is 418 g/mol. The number of carbonyl (C=O) groups is 1. The standard InChI is InChI=1S/C25H26N2O4/c1-14-8-9-16(12-15(14)2)20-18-11-10-17(26-6)13-19(18)23(28)27(7)21(20)22(24(29)30)31-25(3,4)5/h8-13,22H,1-5,7H3,(H,29,30). The third kappa shape index (κ3) is 4.23. The smallest absolute Gasteiger partial charge is 0.339 e. The van der Waals surface area contributed by atoms with E-state index in [0.29, 0.717) is 22.0 Å². The molecule has 6 heteroatoms. The molecule has 0 saturated heterocycles. The van der Waals surface area contributed by atoms with Crippen LogP contribution < -0.4 is 5.56 Å². The van der Waals surface area contributed by atoms with Crippen LogP contribution in [0.4, 0.5) is 5.69 Å². The maximum atomic E-state index is 13.2. The SMILES string of the molecule is [C-]#[N+]c1ccc2c(-c3ccc(C)c(C)c3)c(C(OC(C)(C)C)C(=O)O)n(C)c(=O)c2c1. The molecule has 2 aromatic carbocycles. The highest BCUT2D eigenvalue weighted by Crippen LogP contribution is 2.38. The first-order valence-electron chi connectivity index (χ1n) is 9.97. The molecule has 1 aromatic heterocycles. The molecule has 1 N–H and O–H groups in total. The minimum atomic E-state index is -1.35. The largest absolute Gasteiger partial charge is 0.479 e. The Hall–Kier alpha value is -3.43. The van der Waals surface area contributed by atoms with Gasteiger partial charge in [-0.05, 0) is 62.8 Å². The van der Waals surface area contributed by atoms with Crippen molar-refractivity contribution in [3.63, 3.8) is 0 Å². The topological polar surface area (TPSA) is 72.9 Å². The van der Waals surface area contributed by atoms with E-state index in [-0.39, 0.29) is 11.3 Å². The lowest BCUT2D eigenvalue weighted by molar-refractivity contribution is -0.161. The Morgan fingerprint density at radius 3 is 2.32 bits per heavy atom. The zero-order valence-electron chi connectivity index (χ0n) is 18.6. The molecule has 3 aromatic rings.